The second kappa shape index (κ2) is 15.1. The largest absolute Gasteiger partial charge is 0.444 e. The number of aromatic nitrogens is 1. The van der Waals surface area contributed by atoms with Gasteiger partial charge >= 0.3 is 6.09 Å². The van der Waals surface area contributed by atoms with Gasteiger partial charge in [-0.3, -0.25) is 9.63 Å². The number of unbranched alkanes of at least 4 members (excludes halogenated alkanes) is 2. The highest BCUT2D eigenvalue weighted by molar-refractivity contribution is 5.88. The molecule has 0 radical (unpaired) electrons. The molecule has 0 unspecified atom stereocenters. The van der Waals surface area contributed by atoms with Crippen LogP contribution in [0, 0.1) is 0 Å². The van der Waals surface area contributed by atoms with Crippen molar-refractivity contribution in [2.45, 2.75) is 77.2 Å². The summed E-state index contributed by atoms with van der Waals surface area (Å²) in [6, 6.07) is 36.6. The Morgan fingerprint density at radius 3 is 1.81 bits per heavy atom. The topological polar surface area (TPSA) is 81.6 Å². The van der Waals surface area contributed by atoms with E-state index in [4.69, 9.17) is 9.57 Å². The predicted molar refractivity (Wildman–Crippen MR) is 187 cm³/mol. The maximum absolute atomic E-state index is 14.2. The Bertz CT molecular complexity index is 1650. The molecular weight excluding hydrogens is 586 g/mol. The second-order valence-electron chi connectivity index (χ2n) is 12.8. The Hall–Kier alpha value is -4.88. The van der Waals surface area contributed by atoms with Gasteiger partial charge in [0.05, 0.1) is 0 Å². The molecule has 5 rings (SSSR count). The summed E-state index contributed by atoms with van der Waals surface area (Å²) in [4.78, 5) is 34.0. The van der Waals surface area contributed by atoms with Crippen LogP contribution in [-0.2, 0) is 32.9 Å². The summed E-state index contributed by atoms with van der Waals surface area (Å²) in [5.74, 6) is -0.495. The maximum Gasteiger partial charge on any atom is 0.408 e. The first-order chi connectivity index (χ1) is 22.7. The average Bonchev–Trinajstić information content (AvgIpc) is 3.42. The van der Waals surface area contributed by atoms with Crippen LogP contribution in [0.3, 0.4) is 0 Å². The summed E-state index contributed by atoms with van der Waals surface area (Å²) in [7, 11) is 0. The van der Waals surface area contributed by atoms with E-state index in [2.05, 4.69) is 40.6 Å². The molecule has 0 saturated heterocycles. The zero-order valence-corrected chi connectivity index (χ0v) is 27.7. The van der Waals surface area contributed by atoms with Crippen LogP contribution in [0.4, 0.5) is 4.79 Å². The van der Waals surface area contributed by atoms with Gasteiger partial charge in [-0.1, -0.05) is 129 Å². The van der Waals surface area contributed by atoms with Crippen molar-refractivity contribution in [3.8, 4) is 0 Å². The number of amides is 2. The third-order valence-electron chi connectivity index (χ3n) is 8.15. The van der Waals surface area contributed by atoms with Crippen molar-refractivity contribution in [2.75, 3.05) is 0 Å². The number of nitrogens with zero attached hydrogens (tertiary/aromatic N) is 1. The number of fused-ring (bicyclic) bond motifs is 1. The first-order valence-corrected chi connectivity index (χ1v) is 16.4. The molecule has 0 aliphatic rings. The summed E-state index contributed by atoms with van der Waals surface area (Å²) in [6.45, 7) is 8.45. The lowest BCUT2D eigenvalue weighted by Gasteiger charge is -2.35. The second-order valence-corrected chi connectivity index (χ2v) is 12.8. The highest BCUT2D eigenvalue weighted by atomic mass is 16.7. The van der Waals surface area contributed by atoms with Gasteiger partial charge in [-0.25, -0.2) is 10.3 Å². The Morgan fingerprint density at radius 1 is 0.745 bits per heavy atom. The van der Waals surface area contributed by atoms with Gasteiger partial charge in [-0.05, 0) is 55.5 Å². The van der Waals surface area contributed by atoms with Crippen molar-refractivity contribution in [3.05, 3.63) is 144 Å². The number of benzene rings is 4. The molecule has 2 amide bonds. The zero-order chi connectivity index (χ0) is 33.3. The number of para-hydroxylation sites is 1. The van der Waals surface area contributed by atoms with E-state index in [9.17, 15) is 9.59 Å². The fraction of sp³-hybridized carbons (Fsp3) is 0.300. The van der Waals surface area contributed by atoms with Gasteiger partial charge < -0.3 is 14.6 Å². The van der Waals surface area contributed by atoms with Gasteiger partial charge in [0.2, 0.25) is 0 Å². The number of nitrogens with one attached hydrogen (secondary N) is 2. The summed E-state index contributed by atoms with van der Waals surface area (Å²) in [5, 5.41) is 3.88. The number of aryl methyl sites for hydroxylation is 1. The average molecular weight is 632 g/mol. The molecule has 7 nitrogen and oxygen atoms in total. The van der Waals surface area contributed by atoms with E-state index in [-0.39, 0.29) is 6.42 Å². The number of hydrogen-bond acceptors (Lipinski definition) is 4. The summed E-state index contributed by atoms with van der Waals surface area (Å²) in [5.41, 5.74) is 5.44. The minimum Gasteiger partial charge on any atom is -0.444 e. The molecule has 0 fully saturated rings. The molecule has 1 aromatic heterocycles. The lowest BCUT2D eigenvalue weighted by Crippen LogP contribution is -2.51. The minimum atomic E-state index is -1.18. The number of carbonyl (C=O) groups excluding carboxylic acids is 2. The van der Waals surface area contributed by atoms with Gasteiger partial charge in [-0.2, -0.15) is 0 Å². The van der Waals surface area contributed by atoms with Crippen LogP contribution in [0.5, 0.6) is 0 Å². The summed E-state index contributed by atoms with van der Waals surface area (Å²) >= 11 is 0. The fourth-order valence-electron chi connectivity index (χ4n) is 5.97. The van der Waals surface area contributed by atoms with E-state index in [1.807, 2.05) is 103 Å². The van der Waals surface area contributed by atoms with E-state index in [0.29, 0.717) is 0 Å². The zero-order valence-electron chi connectivity index (χ0n) is 27.7. The van der Waals surface area contributed by atoms with Gasteiger partial charge in [-0.15, -0.1) is 0 Å². The first-order valence-electron chi connectivity index (χ1n) is 16.4. The smallest absolute Gasteiger partial charge is 0.408 e. The summed E-state index contributed by atoms with van der Waals surface area (Å²) < 4.78 is 7.83. The third kappa shape index (κ3) is 8.10. The van der Waals surface area contributed by atoms with Gasteiger partial charge in [0.15, 0.2) is 5.60 Å². The maximum atomic E-state index is 14.2. The molecule has 7 heteroatoms. The van der Waals surface area contributed by atoms with Crippen LogP contribution >= 0.6 is 0 Å². The van der Waals surface area contributed by atoms with Crippen LogP contribution in [0.25, 0.3) is 10.9 Å². The fourth-order valence-corrected chi connectivity index (χ4v) is 5.97. The van der Waals surface area contributed by atoms with Crippen molar-refractivity contribution >= 4 is 22.9 Å². The van der Waals surface area contributed by atoms with E-state index in [1.54, 1.807) is 20.8 Å². The molecule has 244 valence electrons. The molecule has 2 N–H and O–H groups in total. The number of rotatable bonds is 13. The molecule has 1 atom stereocenters. The molecule has 1 heterocycles. The number of alkyl carbamates (subject to hydrolysis) is 1. The van der Waals surface area contributed by atoms with Crippen LogP contribution in [0.1, 0.15) is 69.2 Å². The van der Waals surface area contributed by atoms with Gasteiger partial charge in [0.25, 0.3) is 5.91 Å². The van der Waals surface area contributed by atoms with Crippen molar-refractivity contribution in [1.29, 1.82) is 0 Å². The van der Waals surface area contributed by atoms with E-state index >= 15 is 0 Å². The monoisotopic (exact) mass is 631 g/mol. The number of hydroxylamine groups is 1. The molecule has 0 bridgehead atoms. The molecule has 0 aliphatic heterocycles. The van der Waals surface area contributed by atoms with Crippen molar-refractivity contribution in [2.24, 2.45) is 0 Å². The Balaban J connectivity index is 1.51. The number of hydrogen-bond donors (Lipinski definition) is 2. The standard InChI is InChI=1S/C40H45N3O4/c1-5-6-18-27-43-29-30(34-25-16-17-26-36(34)43)28-35(41-38(45)46-39(2,3)4)37(44)42-47-40(31-19-10-7-11-20-31,32-21-12-8-13-22-32)33-23-14-9-15-24-33/h7-17,19-26,29,35H,5-6,18,27-28H2,1-4H3,(H,41,45)(H,42,44)/t35-/m0/s1. The SMILES string of the molecule is CCCCCn1cc(C[C@H](NC(=O)OC(C)(C)C)C(=O)NOC(c2ccccc2)(c2ccccc2)c2ccccc2)c2ccccc21. The Morgan fingerprint density at radius 2 is 1.28 bits per heavy atom. The number of ether oxygens (including phenoxy) is 1. The highest BCUT2D eigenvalue weighted by Crippen LogP contribution is 2.39. The van der Waals surface area contributed by atoms with E-state index in [0.717, 1.165) is 59.0 Å². The molecule has 47 heavy (non-hydrogen) atoms. The Kier molecular flexibility index (Phi) is 10.8. The highest BCUT2D eigenvalue weighted by Gasteiger charge is 2.40. The van der Waals surface area contributed by atoms with Gasteiger partial charge in [0, 0.05) is 30.1 Å². The van der Waals surface area contributed by atoms with Gasteiger partial charge in [0.1, 0.15) is 11.6 Å². The first kappa shape index (κ1) is 33.5. The van der Waals surface area contributed by atoms with Crippen LogP contribution in [0.15, 0.2) is 121 Å². The van der Waals surface area contributed by atoms with Crippen molar-refractivity contribution < 1.29 is 19.2 Å². The predicted octanol–water partition coefficient (Wildman–Crippen LogP) is 8.31. The summed E-state index contributed by atoms with van der Waals surface area (Å²) in [6.07, 6.45) is 4.99. The molecule has 5 aromatic rings. The molecular formula is C40H45N3O4. The molecule has 4 aromatic carbocycles. The lowest BCUT2D eigenvalue weighted by atomic mass is 9.80. The van der Waals surface area contributed by atoms with Crippen molar-refractivity contribution in [3.63, 3.8) is 0 Å². The molecule has 0 aliphatic carbocycles. The van der Waals surface area contributed by atoms with E-state index < -0.39 is 29.2 Å². The minimum absolute atomic E-state index is 0.241. The Labute approximate surface area is 277 Å². The molecule has 0 spiro atoms. The van der Waals surface area contributed by atoms with Crippen LogP contribution in [0.2, 0.25) is 0 Å². The quantitative estimate of drug-likeness (QED) is 0.0778. The third-order valence-corrected chi connectivity index (χ3v) is 8.15. The van der Waals surface area contributed by atoms with Crippen molar-refractivity contribution in [1.82, 2.24) is 15.4 Å². The van der Waals surface area contributed by atoms with Crippen LogP contribution in [-0.4, -0.2) is 28.2 Å². The number of carbonyl (C=O) groups is 2. The normalized spacial score (nSPS) is 12.4. The molecule has 0 saturated carbocycles. The van der Waals surface area contributed by atoms with Crippen LogP contribution < -0.4 is 10.8 Å². The lowest BCUT2D eigenvalue weighted by molar-refractivity contribution is -0.145. The van der Waals surface area contributed by atoms with E-state index in [1.165, 1.54) is 0 Å².